The van der Waals surface area contributed by atoms with Gasteiger partial charge in [-0.15, -0.1) is 0 Å². The third-order valence-corrected chi connectivity index (χ3v) is 5.23. The molecular formula is C5H7F3INO2S. The first kappa shape index (κ1) is 11.5. The number of alkyl halides is 4. The lowest BCUT2D eigenvalue weighted by Crippen LogP contribution is -2.33. The van der Waals surface area contributed by atoms with Crippen molar-refractivity contribution >= 4 is 32.6 Å². The van der Waals surface area contributed by atoms with Gasteiger partial charge in [0.05, 0.1) is 5.54 Å². The highest BCUT2D eigenvalue weighted by Gasteiger charge is 2.63. The number of sulfonamides is 1. The van der Waals surface area contributed by atoms with Crippen molar-refractivity contribution in [3.8, 4) is 0 Å². The Morgan fingerprint density at radius 2 is 2.00 bits per heavy atom. The van der Waals surface area contributed by atoms with Gasteiger partial charge in [-0.1, -0.05) is 22.6 Å². The number of halogens is 4. The quantitative estimate of drug-likeness (QED) is 0.436. The second kappa shape index (κ2) is 2.96. The van der Waals surface area contributed by atoms with Gasteiger partial charge in [0.15, 0.2) is 0 Å². The van der Waals surface area contributed by atoms with Crippen LogP contribution >= 0.6 is 22.6 Å². The summed E-state index contributed by atoms with van der Waals surface area (Å²) >= 11 is 1.87. The molecule has 1 rings (SSSR count). The number of nitrogens with zero attached hydrogens (tertiary/aromatic N) is 1. The van der Waals surface area contributed by atoms with Crippen LogP contribution in [0.2, 0.25) is 0 Å². The van der Waals surface area contributed by atoms with Crippen LogP contribution in [0.25, 0.3) is 0 Å². The van der Waals surface area contributed by atoms with E-state index in [1.165, 1.54) is 6.92 Å². The highest BCUT2D eigenvalue weighted by Crippen LogP contribution is 2.42. The number of rotatable bonds is 2. The first-order valence-corrected chi connectivity index (χ1v) is 6.27. The summed E-state index contributed by atoms with van der Waals surface area (Å²) in [6.07, 6.45) is 0. The molecular weight excluding hydrogens is 322 g/mol. The Kier molecular flexibility index (Phi) is 2.62. The van der Waals surface area contributed by atoms with Crippen molar-refractivity contribution in [3.05, 3.63) is 0 Å². The second-order valence-corrected chi connectivity index (χ2v) is 5.70. The molecule has 13 heavy (non-hydrogen) atoms. The molecule has 0 aliphatic carbocycles. The second-order valence-electron chi connectivity index (χ2n) is 3.09. The summed E-state index contributed by atoms with van der Waals surface area (Å²) in [7, 11) is -5.09. The summed E-state index contributed by atoms with van der Waals surface area (Å²) in [5.74, 6) is 0. The zero-order valence-electron chi connectivity index (χ0n) is 6.60. The van der Waals surface area contributed by atoms with E-state index in [4.69, 9.17) is 0 Å². The molecule has 8 heteroatoms. The Hall–Kier alpha value is 0.430. The Balaban J connectivity index is 2.89. The van der Waals surface area contributed by atoms with Crippen molar-refractivity contribution in [1.82, 2.24) is 4.31 Å². The van der Waals surface area contributed by atoms with E-state index in [-0.39, 0.29) is 6.54 Å². The van der Waals surface area contributed by atoms with Gasteiger partial charge in [-0.05, 0) is 6.92 Å². The topological polar surface area (TPSA) is 37.1 Å². The zero-order valence-corrected chi connectivity index (χ0v) is 9.57. The maximum atomic E-state index is 12.0. The van der Waals surface area contributed by atoms with Crippen molar-refractivity contribution in [2.45, 2.75) is 18.0 Å². The fourth-order valence-electron chi connectivity index (χ4n) is 0.883. The molecule has 0 radical (unpaired) electrons. The molecule has 0 aromatic heterocycles. The third kappa shape index (κ3) is 1.80. The van der Waals surface area contributed by atoms with Gasteiger partial charge >= 0.3 is 15.5 Å². The molecule has 1 heterocycles. The average Bonchev–Trinajstić information content (AvgIpc) is 2.62. The number of hydrogen-bond acceptors (Lipinski definition) is 2. The standard InChI is InChI=1S/C5H7F3INO2S/c1-4(2-9)3-10(4)13(11,12)5(6,7)8/h2-3H2,1H3. The third-order valence-electron chi connectivity index (χ3n) is 1.85. The molecule has 1 fully saturated rings. The molecule has 0 N–H and O–H groups in total. The first-order chi connectivity index (χ1) is 5.65. The van der Waals surface area contributed by atoms with E-state index in [0.717, 1.165) is 0 Å². The highest BCUT2D eigenvalue weighted by molar-refractivity contribution is 14.1. The van der Waals surface area contributed by atoms with Crippen molar-refractivity contribution in [2.24, 2.45) is 0 Å². The van der Waals surface area contributed by atoms with Crippen LogP contribution in [0.1, 0.15) is 6.92 Å². The Morgan fingerprint density at radius 1 is 1.54 bits per heavy atom. The molecule has 1 aliphatic rings. The minimum absolute atomic E-state index is 0.0439. The average molecular weight is 329 g/mol. The van der Waals surface area contributed by atoms with E-state index in [1.807, 2.05) is 22.6 Å². The van der Waals surface area contributed by atoms with Crippen LogP contribution in [-0.2, 0) is 10.0 Å². The molecule has 2 unspecified atom stereocenters. The lowest BCUT2D eigenvalue weighted by Gasteiger charge is -2.12. The number of hydrogen-bond donors (Lipinski definition) is 0. The molecule has 0 saturated carbocycles. The minimum atomic E-state index is -5.17. The molecule has 0 aromatic carbocycles. The molecule has 0 amide bonds. The normalized spacial score (nSPS) is 34.7. The summed E-state index contributed by atoms with van der Waals surface area (Å²) < 4.78 is 58.3. The molecule has 3 nitrogen and oxygen atoms in total. The van der Waals surface area contributed by atoms with Crippen molar-refractivity contribution in [2.75, 3.05) is 11.0 Å². The summed E-state index contributed by atoms with van der Waals surface area (Å²) in [6.45, 7) is 1.44. The maximum Gasteiger partial charge on any atom is 0.511 e. The molecule has 2 atom stereocenters. The monoisotopic (exact) mass is 329 g/mol. The fourth-order valence-corrected chi connectivity index (χ4v) is 3.11. The van der Waals surface area contributed by atoms with Crippen molar-refractivity contribution in [3.63, 3.8) is 0 Å². The summed E-state index contributed by atoms with van der Waals surface area (Å²) in [4.78, 5) is 0. The largest absolute Gasteiger partial charge is 0.511 e. The molecule has 0 aromatic rings. The van der Waals surface area contributed by atoms with Crippen molar-refractivity contribution < 1.29 is 21.6 Å². The first-order valence-electron chi connectivity index (χ1n) is 3.30. The molecule has 1 saturated heterocycles. The Morgan fingerprint density at radius 3 is 2.23 bits per heavy atom. The highest BCUT2D eigenvalue weighted by atomic mass is 127. The van der Waals surface area contributed by atoms with E-state index in [2.05, 4.69) is 0 Å². The van der Waals surface area contributed by atoms with E-state index in [0.29, 0.717) is 8.73 Å². The van der Waals surface area contributed by atoms with Gasteiger partial charge in [-0.2, -0.15) is 17.5 Å². The summed E-state index contributed by atoms with van der Waals surface area (Å²) in [6, 6.07) is 0. The smallest absolute Gasteiger partial charge is 0.203 e. The maximum absolute atomic E-state index is 12.0. The van der Waals surface area contributed by atoms with Gasteiger partial charge in [0, 0.05) is 11.0 Å². The fraction of sp³-hybridized carbons (Fsp3) is 1.00. The minimum Gasteiger partial charge on any atom is -0.203 e. The SMILES string of the molecule is CC1(CI)CN1S(=O)(=O)C(F)(F)F. The van der Waals surface area contributed by atoms with Gasteiger partial charge in [-0.25, -0.2) is 8.42 Å². The van der Waals surface area contributed by atoms with E-state index in [1.54, 1.807) is 0 Å². The van der Waals surface area contributed by atoms with Crippen LogP contribution in [0.5, 0.6) is 0 Å². The lowest BCUT2D eigenvalue weighted by molar-refractivity contribution is -0.0469. The van der Waals surface area contributed by atoms with Gasteiger partial charge in [-0.3, -0.25) is 0 Å². The zero-order chi connectivity index (χ0) is 10.5. The van der Waals surface area contributed by atoms with Crippen LogP contribution < -0.4 is 0 Å². The predicted molar refractivity (Wildman–Crippen MR) is 49.0 cm³/mol. The van der Waals surface area contributed by atoms with Crippen LogP contribution in [0.3, 0.4) is 0 Å². The van der Waals surface area contributed by atoms with E-state index >= 15 is 0 Å². The molecule has 78 valence electrons. The molecule has 0 spiro atoms. The van der Waals surface area contributed by atoms with Gasteiger partial charge < -0.3 is 0 Å². The summed E-state index contributed by atoms with van der Waals surface area (Å²) in [5, 5.41) is 0. The Bertz CT molecular complexity index is 314. The van der Waals surface area contributed by atoms with Crippen LogP contribution in [-0.4, -0.2) is 34.7 Å². The molecule has 1 aliphatic heterocycles. The van der Waals surface area contributed by atoms with Crippen LogP contribution in [0, 0.1) is 0 Å². The lowest BCUT2D eigenvalue weighted by atomic mass is 10.2. The summed E-state index contributed by atoms with van der Waals surface area (Å²) in [5.41, 5.74) is -6.01. The van der Waals surface area contributed by atoms with E-state index < -0.39 is 21.1 Å². The molecule has 0 bridgehead atoms. The van der Waals surface area contributed by atoms with Gasteiger partial charge in [0.25, 0.3) is 0 Å². The van der Waals surface area contributed by atoms with Gasteiger partial charge in [0.2, 0.25) is 0 Å². The van der Waals surface area contributed by atoms with Crippen molar-refractivity contribution in [1.29, 1.82) is 0 Å². The van der Waals surface area contributed by atoms with Gasteiger partial charge in [0.1, 0.15) is 0 Å². The van der Waals surface area contributed by atoms with Crippen LogP contribution in [0.15, 0.2) is 0 Å². The van der Waals surface area contributed by atoms with E-state index in [9.17, 15) is 21.6 Å². The predicted octanol–water partition coefficient (Wildman–Crippen LogP) is 1.35. The Labute approximate surface area is 87.5 Å². The van der Waals surface area contributed by atoms with Crippen LogP contribution in [0.4, 0.5) is 13.2 Å².